The van der Waals surface area contributed by atoms with Crippen LogP contribution in [0.25, 0.3) is 0 Å². The summed E-state index contributed by atoms with van der Waals surface area (Å²) in [5.41, 5.74) is 1.64. The fourth-order valence-electron chi connectivity index (χ4n) is 3.88. The number of hydrogen-bond donors (Lipinski definition) is 2. The highest BCUT2D eigenvalue weighted by molar-refractivity contribution is 7.10. The van der Waals surface area contributed by atoms with Crippen molar-refractivity contribution in [3.05, 3.63) is 39.8 Å². The smallest absolute Gasteiger partial charge is 0.272 e. The molecule has 5 nitrogen and oxygen atoms in total. The molecule has 0 radical (unpaired) electrons. The van der Waals surface area contributed by atoms with Gasteiger partial charge in [0.05, 0.1) is 18.3 Å². The second-order valence-electron chi connectivity index (χ2n) is 6.79. The first kappa shape index (κ1) is 15.8. The lowest BCUT2D eigenvalue weighted by Gasteiger charge is -2.30. The van der Waals surface area contributed by atoms with E-state index >= 15 is 0 Å². The fourth-order valence-corrected chi connectivity index (χ4v) is 4.75. The predicted octanol–water partition coefficient (Wildman–Crippen LogP) is 3.10. The van der Waals surface area contributed by atoms with Crippen molar-refractivity contribution in [2.45, 2.75) is 51.2 Å². The highest BCUT2D eigenvalue weighted by Gasteiger charge is 2.28. The molecule has 2 aromatic rings. The van der Waals surface area contributed by atoms with Gasteiger partial charge in [-0.3, -0.25) is 9.48 Å². The van der Waals surface area contributed by atoms with Crippen LogP contribution in [0.5, 0.6) is 0 Å². The van der Waals surface area contributed by atoms with E-state index in [1.165, 1.54) is 37.0 Å². The van der Waals surface area contributed by atoms with Gasteiger partial charge in [0, 0.05) is 18.0 Å². The summed E-state index contributed by atoms with van der Waals surface area (Å²) in [5.74, 6) is 0.501. The van der Waals surface area contributed by atoms with E-state index in [2.05, 4.69) is 33.2 Å². The molecule has 24 heavy (non-hydrogen) atoms. The Labute approximate surface area is 146 Å². The molecule has 1 aliphatic carbocycles. The summed E-state index contributed by atoms with van der Waals surface area (Å²) in [6, 6.07) is 6.26. The Kier molecular flexibility index (Phi) is 4.67. The Morgan fingerprint density at radius 1 is 1.38 bits per heavy atom. The molecule has 1 amide bonds. The van der Waals surface area contributed by atoms with Crippen molar-refractivity contribution < 1.29 is 4.79 Å². The molecule has 6 heteroatoms. The molecule has 0 unspecified atom stereocenters. The van der Waals surface area contributed by atoms with Crippen LogP contribution in [0.2, 0.25) is 0 Å². The average molecular weight is 344 g/mol. The first-order valence-corrected chi connectivity index (χ1v) is 9.81. The summed E-state index contributed by atoms with van der Waals surface area (Å²) >= 11 is 1.74. The van der Waals surface area contributed by atoms with Crippen LogP contribution in [0.3, 0.4) is 0 Å². The molecule has 0 aromatic carbocycles. The van der Waals surface area contributed by atoms with E-state index in [0.717, 1.165) is 25.3 Å². The fraction of sp³-hybridized carbons (Fsp3) is 0.556. The van der Waals surface area contributed by atoms with Crippen LogP contribution in [0.1, 0.15) is 59.2 Å². The molecular formula is C18H24N4OS. The number of carbonyl (C=O) groups excluding carboxylic acids is 1. The minimum Gasteiger partial charge on any atom is -0.343 e. The Morgan fingerprint density at radius 2 is 2.25 bits per heavy atom. The number of carbonyl (C=O) groups is 1. The molecule has 4 rings (SSSR count). The van der Waals surface area contributed by atoms with Crippen LogP contribution in [-0.2, 0) is 13.1 Å². The standard InChI is InChI=1S/C18H24N4OS/c23-18(15-11-14-12-19-8-9-22(14)21-15)20-17(16-7-4-10-24-16)13-5-2-1-3-6-13/h4,7,10-11,13,17,19H,1-3,5-6,8-9,12H2,(H,20,23)/t17-/m1/s1. The summed E-state index contributed by atoms with van der Waals surface area (Å²) in [6.07, 6.45) is 6.26. The van der Waals surface area contributed by atoms with Crippen LogP contribution in [-0.4, -0.2) is 22.2 Å². The normalized spacial score (nSPS) is 19.7. The first-order chi connectivity index (χ1) is 11.8. The van der Waals surface area contributed by atoms with Gasteiger partial charge in [0.15, 0.2) is 5.69 Å². The number of nitrogens with zero attached hydrogens (tertiary/aromatic N) is 2. The molecule has 0 bridgehead atoms. The Bertz CT molecular complexity index is 664. The molecule has 128 valence electrons. The second-order valence-corrected chi connectivity index (χ2v) is 7.76. The first-order valence-electron chi connectivity index (χ1n) is 8.93. The van der Waals surface area contributed by atoms with E-state index in [1.54, 1.807) is 11.3 Å². The zero-order chi connectivity index (χ0) is 16.4. The van der Waals surface area contributed by atoms with E-state index < -0.39 is 0 Å². The third-order valence-corrected chi connectivity index (χ3v) is 6.12. The van der Waals surface area contributed by atoms with E-state index in [9.17, 15) is 4.79 Å². The van der Waals surface area contributed by atoms with Crippen LogP contribution < -0.4 is 10.6 Å². The maximum absolute atomic E-state index is 12.8. The van der Waals surface area contributed by atoms with E-state index in [1.807, 2.05) is 10.7 Å². The summed E-state index contributed by atoms with van der Waals surface area (Å²) in [5, 5.41) is 13.2. The van der Waals surface area contributed by atoms with Gasteiger partial charge in [0.2, 0.25) is 0 Å². The summed E-state index contributed by atoms with van der Waals surface area (Å²) in [7, 11) is 0. The molecule has 0 saturated heterocycles. The molecule has 1 saturated carbocycles. The Morgan fingerprint density at radius 3 is 3.00 bits per heavy atom. The third-order valence-electron chi connectivity index (χ3n) is 5.16. The van der Waals surface area contributed by atoms with Gasteiger partial charge in [-0.1, -0.05) is 25.3 Å². The average Bonchev–Trinajstić information content (AvgIpc) is 3.29. The number of rotatable bonds is 4. The number of fused-ring (bicyclic) bond motifs is 1. The summed E-state index contributed by atoms with van der Waals surface area (Å²) in [4.78, 5) is 14.1. The summed E-state index contributed by atoms with van der Waals surface area (Å²) in [6.45, 7) is 2.53. The lowest BCUT2D eigenvalue weighted by atomic mass is 9.83. The van der Waals surface area contributed by atoms with Gasteiger partial charge in [-0.25, -0.2) is 0 Å². The number of thiophene rings is 1. The second kappa shape index (κ2) is 7.07. The molecule has 1 atom stereocenters. The highest BCUT2D eigenvalue weighted by Crippen LogP contribution is 2.36. The summed E-state index contributed by atoms with van der Waals surface area (Å²) < 4.78 is 1.95. The van der Waals surface area contributed by atoms with Gasteiger partial charge in [-0.15, -0.1) is 11.3 Å². The maximum Gasteiger partial charge on any atom is 0.272 e. The van der Waals surface area contributed by atoms with Gasteiger partial charge >= 0.3 is 0 Å². The number of hydrogen-bond acceptors (Lipinski definition) is 4. The lowest BCUT2D eigenvalue weighted by Crippen LogP contribution is -2.34. The Balaban J connectivity index is 1.53. The van der Waals surface area contributed by atoms with Gasteiger partial charge in [0.25, 0.3) is 5.91 Å². The van der Waals surface area contributed by atoms with E-state index in [0.29, 0.717) is 11.6 Å². The molecule has 0 spiro atoms. The monoisotopic (exact) mass is 344 g/mol. The lowest BCUT2D eigenvalue weighted by molar-refractivity contribution is 0.0908. The SMILES string of the molecule is O=C(N[C@@H](c1cccs1)C1CCCCC1)c1cc2n(n1)CCNC2. The minimum atomic E-state index is -0.0409. The number of amides is 1. The number of aromatic nitrogens is 2. The zero-order valence-corrected chi connectivity index (χ0v) is 14.6. The largest absolute Gasteiger partial charge is 0.343 e. The van der Waals surface area contributed by atoms with Crippen molar-refractivity contribution in [1.82, 2.24) is 20.4 Å². The van der Waals surface area contributed by atoms with Crippen LogP contribution in [0.4, 0.5) is 0 Å². The molecule has 1 fully saturated rings. The van der Waals surface area contributed by atoms with Crippen LogP contribution in [0.15, 0.2) is 23.6 Å². The minimum absolute atomic E-state index is 0.0409. The van der Waals surface area contributed by atoms with Gasteiger partial charge in [0.1, 0.15) is 0 Å². The molecule has 1 aliphatic heterocycles. The van der Waals surface area contributed by atoms with Crippen molar-refractivity contribution >= 4 is 17.2 Å². The van der Waals surface area contributed by atoms with Crippen molar-refractivity contribution in [1.29, 1.82) is 0 Å². The van der Waals surface area contributed by atoms with Crippen molar-refractivity contribution in [2.24, 2.45) is 5.92 Å². The van der Waals surface area contributed by atoms with E-state index in [-0.39, 0.29) is 11.9 Å². The molecule has 2 N–H and O–H groups in total. The van der Waals surface area contributed by atoms with Gasteiger partial charge in [-0.2, -0.15) is 5.10 Å². The quantitative estimate of drug-likeness (QED) is 0.896. The number of nitrogens with one attached hydrogen (secondary N) is 2. The zero-order valence-electron chi connectivity index (χ0n) is 13.8. The van der Waals surface area contributed by atoms with Crippen LogP contribution >= 0.6 is 11.3 Å². The topological polar surface area (TPSA) is 59.0 Å². The van der Waals surface area contributed by atoms with Gasteiger partial charge in [-0.05, 0) is 36.3 Å². The molecule has 2 aliphatic rings. The van der Waals surface area contributed by atoms with Gasteiger partial charge < -0.3 is 10.6 Å². The molecular weight excluding hydrogens is 320 g/mol. The van der Waals surface area contributed by atoms with Crippen LogP contribution in [0, 0.1) is 5.92 Å². The Hall–Kier alpha value is -1.66. The predicted molar refractivity (Wildman–Crippen MR) is 95.0 cm³/mol. The molecule has 3 heterocycles. The van der Waals surface area contributed by atoms with Crippen molar-refractivity contribution in [3.63, 3.8) is 0 Å². The van der Waals surface area contributed by atoms with Crippen molar-refractivity contribution in [2.75, 3.05) is 6.54 Å². The third kappa shape index (κ3) is 3.26. The maximum atomic E-state index is 12.8. The highest BCUT2D eigenvalue weighted by atomic mass is 32.1. The van der Waals surface area contributed by atoms with Crippen molar-refractivity contribution in [3.8, 4) is 0 Å². The molecule has 2 aromatic heterocycles. The van der Waals surface area contributed by atoms with E-state index in [4.69, 9.17) is 0 Å².